The largest absolute Gasteiger partial charge is 0.480 e. The molecule has 0 aliphatic heterocycles. The highest BCUT2D eigenvalue weighted by Crippen LogP contribution is 2.29. The Morgan fingerprint density at radius 1 is 1.42 bits per heavy atom. The third-order valence-corrected chi connectivity index (χ3v) is 4.64. The standard InChI is InChI=1S/C14H19NO3S/c1-2-5-10(14(17)18)15-13(16)12-8-9-6-3-4-7-11(9)19-12/h8,10H,2-7H2,1H3,(H,15,16)(H,17,18)/t10-/m0/s1. The van der Waals surface area contributed by atoms with Crippen LogP contribution < -0.4 is 5.32 Å². The van der Waals surface area contributed by atoms with Crippen molar-refractivity contribution < 1.29 is 14.7 Å². The number of hydrogen-bond donors (Lipinski definition) is 2. The van der Waals surface area contributed by atoms with Crippen molar-refractivity contribution in [3.05, 3.63) is 21.4 Å². The number of amides is 1. The fraction of sp³-hybridized carbons (Fsp3) is 0.571. The Kier molecular flexibility index (Phi) is 4.58. The predicted octanol–water partition coefficient (Wildman–Crippen LogP) is 2.61. The van der Waals surface area contributed by atoms with Crippen LogP contribution in [0, 0.1) is 0 Å². The molecule has 1 aliphatic carbocycles. The molecule has 0 unspecified atom stereocenters. The van der Waals surface area contributed by atoms with E-state index in [1.54, 1.807) is 0 Å². The van der Waals surface area contributed by atoms with Gasteiger partial charge in [0.15, 0.2) is 0 Å². The summed E-state index contributed by atoms with van der Waals surface area (Å²) in [6.45, 7) is 1.91. The highest BCUT2D eigenvalue weighted by molar-refractivity contribution is 7.14. The Morgan fingerprint density at radius 2 is 2.16 bits per heavy atom. The summed E-state index contributed by atoms with van der Waals surface area (Å²) in [5.74, 6) is -1.21. The molecule has 1 amide bonds. The SMILES string of the molecule is CCC[C@H](NC(=O)c1cc2c(s1)CCCC2)C(=O)O. The molecule has 1 atom stereocenters. The maximum atomic E-state index is 12.1. The van der Waals surface area contributed by atoms with Gasteiger partial charge in [0.2, 0.25) is 0 Å². The Labute approximate surface area is 116 Å². The van der Waals surface area contributed by atoms with Crippen LogP contribution in [0.1, 0.15) is 52.7 Å². The lowest BCUT2D eigenvalue weighted by molar-refractivity contribution is -0.139. The first-order valence-electron chi connectivity index (χ1n) is 6.77. The molecular formula is C14H19NO3S. The molecule has 0 bridgehead atoms. The van der Waals surface area contributed by atoms with Crippen molar-refractivity contribution in [1.82, 2.24) is 5.32 Å². The summed E-state index contributed by atoms with van der Waals surface area (Å²) in [5, 5.41) is 11.7. The van der Waals surface area contributed by atoms with Crippen molar-refractivity contribution >= 4 is 23.2 Å². The van der Waals surface area contributed by atoms with Crippen LogP contribution in [0.3, 0.4) is 0 Å². The lowest BCUT2D eigenvalue weighted by atomic mass is 9.99. The van der Waals surface area contributed by atoms with Crippen LogP contribution in [-0.4, -0.2) is 23.0 Å². The van der Waals surface area contributed by atoms with Crippen LogP contribution in [0.25, 0.3) is 0 Å². The maximum absolute atomic E-state index is 12.1. The number of carboxylic acids is 1. The molecule has 104 valence electrons. The zero-order chi connectivity index (χ0) is 13.8. The van der Waals surface area contributed by atoms with Crippen LogP contribution >= 0.6 is 11.3 Å². The van der Waals surface area contributed by atoms with Crippen LogP contribution in [0.15, 0.2) is 6.07 Å². The molecule has 2 N–H and O–H groups in total. The average molecular weight is 281 g/mol. The molecule has 1 heterocycles. The molecule has 19 heavy (non-hydrogen) atoms. The highest BCUT2D eigenvalue weighted by atomic mass is 32.1. The molecule has 2 rings (SSSR count). The Bertz CT molecular complexity index is 458. The second-order valence-electron chi connectivity index (χ2n) is 4.92. The van der Waals surface area contributed by atoms with Gasteiger partial charge in [-0.15, -0.1) is 11.3 Å². The number of nitrogens with one attached hydrogen (secondary N) is 1. The van der Waals surface area contributed by atoms with Crippen LogP contribution in [0.5, 0.6) is 0 Å². The molecule has 0 saturated carbocycles. The summed E-state index contributed by atoms with van der Waals surface area (Å²) < 4.78 is 0. The average Bonchev–Trinajstić information content (AvgIpc) is 2.81. The number of rotatable bonds is 5. The van der Waals surface area contributed by atoms with E-state index in [0.717, 1.165) is 19.3 Å². The van der Waals surface area contributed by atoms with Gasteiger partial charge >= 0.3 is 5.97 Å². The topological polar surface area (TPSA) is 66.4 Å². The van der Waals surface area contributed by atoms with E-state index in [-0.39, 0.29) is 5.91 Å². The van der Waals surface area contributed by atoms with E-state index in [1.165, 1.54) is 34.6 Å². The van der Waals surface area contributed by atoms with E-state index in [9.17, 15) is 9.59 Å². The summed E-state index contributed by atoms with van der Waals surface area (Å²) in [5.41, 5.74) is 1.27. The lowest BCUT2D eigenvalue weighted by Gasteiger charge is -2.12. The zero-order valence-corrected chi connectivity index (χ0v) is 11.9. The van der Waals surface area contributed by atoms with Crippen molar-refractivity contribution in [2.24, 2.45) is 0 Å². The fourth-order valence-electron chi connectivity index (χ4n) is 2.38. The molecule has 0 fully saturated rings. The number of carbonyl (C=O) groups excluding carboxylic acids is 1. The van der Waals surface area contributed by atoms with E-state index in [0.29, 0.717) is 11.3 Å². The first-order chi connectivity index (χ1) is 9.11. The monoisotopic (exact) mass is 281 g/mol. The number of aliphatic carboxylic acids is 1. The Morgan fingerprint density at radius 3 is 2.79 bits per heavy atom. The minimum Gasteiger partial charge on any atom is -0.480 e. The zero-order valence-electron chi connectivity index (χ0n) is 11.1. The van der Waals surface area contributed by atoms with E-state index in [2.05, 4.69) is 5.32 Å². The Balaban J connectivity index is 2.06. The van der Waals surface area contributed by atoms with Crippen LogP contribution in [0.2, 0.25) is 0 Å². The van der Waals surface area contributed by atoms with E-state index in [1.807, 2.05) is 13.0 Å². The smallest absolute Gasteiger partial charge is 0.326 e. The quantitative estimate of drug-likeness (QED) is 0.872. The van der Waals surface area contributed by atoms with Gasteiger partial charge in [0, 0.05) is 4.88 Å². The molecule has 5 heteroatoms. The van der Waals surface area contributed by atoms with Gasteiger partial charge in [0.05, 0.1) is 4.88 Å². The third-order valence-electron chi connectivity index (χ3n) is 3.40. The molecule has 0 saturated heterocycles. The molecular weight excluding hydrogens is 262 g/mol. The number of carbonyl (C=O) groups is 2. The summed E-state index contributed by atoms with van der Waals surface area (Å²) in [6.07, 6.45) is 5.64. The summed E-state index contributed by atoms with van der Waals surface area (Å²) in [7, 11) is 0. The Hall–Kier alpha value is -1.36. The van der Waals surface area contributed by atoms with E-state index in [4.69, 9.17) is 5.11 Å². The van der Waals surface area contributed by atoms with Crippen molar-refractivity contribution in [2.45, 2.75) is 51.5 Å². The van der Waals surface area contributed by atoms with Gasteiger partial charge in [-0.2, -0.15) is 0 Å². The van der Waals surface area contributed by atoms with Gasteiger partial charge in [-0.25, -0.2) is 4.79 Å². The highest BCUT2D eigenvalue weighted by Gasteiger charge is 2.22. The van der Waals surface area contributed by atoms with Crippen molar-refractivity contribution in [3.8, 4) is 0 Å². The maximum Gasteiger partial charge on any atom is 0.326 e. The molecule has 4 nitrogen and oxygen atoms in total. The predicted molar refractivity (Wildman–Crippen MR) is 74.8 cm³/mol. The minimum atomic E-state index is -0.962. The van der Waals surface area contributed by atoms with E-state index >= 15 is 0 Å². The lowest BCUT2D eigenvalue weighted by Crippen LogP contribution is -2.40. The first kappa shape index (κ1) is 14.1. The molecule has 0 aromatic carbocycles. The molecule has 1 aromatic rings. The number of fused-ring (bicyclic) bond motifs is 1. The number of thiophene rings is 1. The number of hydrogen-bond acceptors (Lipinski definition) is 3. The summed E-state index contributed by atoms with van der Waals surface area (Å²) in [6, 6.07) is 1.15. The summed E-state index contributed by atoms with van der Waals surface area (Å²) in [4.78, 5) is 25.1. The van der Waals surface area contributed by atoms with Gasteiger partial charge in [-0.1, -0.05) is 13.3 Å². The van der Waals surface area contributed by atoms with Gasteiger partial charge in [-0.3, -0.25) is 4.79 Å². The van der Waals surface area contributed by atoms with Crippen molar-refractivity contribution in [3.63, 3.8) is 0 Å². The third kappa shape index (κ3) is 3.35. The normalized spacial score (nSPS) is 15.6. The summed E-state index contributed by atoms with van der Waals surface area (Å²) >= 11 is 1.51. The van der Waals surface area contributed by atoms with Gasteiger partial charge in [-0.05, 0) is 43.7 Å². The minimum absolute atomic E-state index is 0.250. The molecule has 0 radical (unpaired) electrons. The van der Waals surface area contributed by atoms with Crippen molar-refractivity contribution in [1.29, 1.82) is 0 Å². The van der Waals surface area contributed by atoms with Gasteiger partial charge < -0.3 is 10.4 Å². The second kappa shape index (κ2) is 6.19. The second-order valence-corrected chi connectivity index (χ2v) is 6.06. The number of aryl methyl sites for hydroxylation is 2. The molecule has 1 aromatic heterocycles. The van der Waals surface area contributed by atoms with Gasteiger partial charge in [0.1, 0.15) is 6.04 Å². The molecule has 0 spiro atoms. The van der Waals surface area contributed by atoms with Crippen molar-refractivity contribution in [2.75, 3.05) is 0 Å². The number of carboxylic acid groups (broad SMARTS) is 1. The van der Waals surface area contributed by atoms with Gasteiger partial charge in [0.25, 0.3) is 5.91 Å². The molecule has 1 aliphatic rings. The first-order valence-corrected chi connectivity index (χ1v) is 7.58. The fourth-order valence-corrected chi connectivity index (χ4v) is 3.53. The van der Waals surface area contributed by atoms with Crippen LogP contribution in [0.4, 0.5) is 0 Å². The van der Waals surface area contributed by atoms with Crippen LogP contribution in [-0.2, 0) is 17.6 Å². The van der Waals surface area contributed by atoms with E-state index < -0.39 is 12.0 Å².